The van der Waals surface area contributed by atoms with E-state index >= 15 is 0 Å². The van der Waals surface area contributed by atoms with Crippen molar-refractivity contribution in [3.63, 3.8) is 0 Å². The van der Waals surface area contributed by atoms with Gasteiger partial charge in [0.15, 0.2) is 0 Å². The van der Waals surface area contributed by atoms with Crippen molar-refractivity contribution in [2.75, 3.05) is 6.54 Å². The molecule has 1 aromatic rings. The summed E-state index contributed by atoms with van der Waals surface area (Å²) in [7, 11) is 0. The van der Waals surface area contributed by atoms with E-state index in [-0.39, 0.29) is 5.82 Å². The van der Waals surface area contributed by atoms with Gasteiger partial charge in [-0.2, -0.15) is 0 Å². The Balaban J connectivity index is 2.33. The molecule has 1 aliphatic heterocycles. The van der Waals surface area contributed by atoms with Crippen LogP contribution in [0, 0.1) is 25.6 Å². The molecule has 1 aromatic carbocycles. The largest absolute Gasteiger partial charge is 0.382 e. The van der Waals surface area contributed by atoms with Gasteiger partial charge in [0.25, 0.3) is 0 Å². The smallest absolute Gasteiger partial charge is 0.149 e. The molecule has 0 bridgehead atoms. The highest BCUT2D eigenvalue weighted by molar-refractivity contribution is 5.98. The van der Waals surface area contributed by atoms with Crippen molar-refractivity contribution in [2.45, 2.75) is 47.5 Å². The summed E-state index contributed by atoms with van der Waals surface area (Å²) in [6, 6.07) is 1.98. The second-order valence-corrected chi connectivity index (χ2v) is 7.22. The first-order valence-electron chi connectivity index (χ1n) is 8.98. The fraction of sp³-hybridized carbons (Fsp3) is 0.429. The molecule has 2 rings (SSSR count). The minimum atomic E-state index is -0.0917. The molecule has 26 heavy (non-hydrogen) atoms. The SMILES string of the molecule is C=N/C(C)=C1/C(N)=NC=CN1CCc1cc(C)c(F)c(C)c1CC(C)C. The fourth-order valence-electron chi connectivity index (χ4n) is 3.37. The molecule has 0 atom stereocenters. The maximum absolute atomic E-state index is 14.4. The van der Waals surface area contributed by atoms with Gasteiger partial charge in [0.2, 0.25) is 0 Å². The quantitative estimate of drug-likeness (QED) is 0.774. The van der Waals surface area contributed by atoms with Gasteiger partial charge in [-0.1, -0.05) is 19.9 Å². The highest BCUT2D eigenvalue weighted by atomic mass is 19.1. The van der Waals surface area contributed by atoms with Crippen molar-refractivity contribution in [2.24, 2.45) is 21.6 Å². The number of nitrogens with zero attached hydrogens (tertiary/aromatic N) is 3. The van der Waals surface area contributed by atoms with Crippen LogP contribution in [0.5, 0.6) is 0 Å². The fourth-order valence-corrected chi connectivity index (χ4v) is 3.37. The number of rotatable bonds is 6. The Labute approximate surface area is 156 Å². The van der Waals surface area contributed by atoms with Gasteiger partial charge < -0.3 is 10.6 Å². The van der Waals surface area contributed by atoms with E-state index in [1.165, 1.54) is 5.56 Å². The van der Waals surface area contributed by atoms with Crippen molar-refractivity contribution >= 4 is 12.6 Å². The second-order valence-electron chi connectivity index (χ2n) is 7.22. The standard InChI is InChI=1S/C21H29FN4/c1-13(2)11-18-15(4)19(22)14(3)12-17(18)7-9-26-10-8-25-21(23)20(26)16(5)24-6/h8,10,12-13H,6-7,9,11H2,1-5H3,(H2,23,25)/b20-16-. The van der Waals surface area contributed by atoms with E-state index in [9.17, 15) is 4.39 Å². The highest BCUT2D eigenvalue weighted by Crippen LogP contribution is 2.26. The summed E-state index contributed by atoms with van der Waals surface area (Å²) in [5, 5.41) is 0. The van der Waals surface area contributed by atoms with Crippen LogP contribution in [0.2, 0.25) is 0 Å². The Hall–Kier alpha value is -2.43. The molecule has 140 valence electrons. The first-order chi connectivity index (χ1) is 12.3. The summed E-state index contributed by atoms with van der Waals surface area (Å²) in [4.78, 5) is 10.2. The number of nitrogens with two attached hydrogens (primary N) is 1. The molecule has 4 nitrogen and oxygen atoms in total. The number of aryl methyl sites for hydroxylation is 1. The second kappa shape index (κ2) is 8.30. The Bertz CT molecular complexity index is 788. The zero-order valence-corrected chi connectivity index (χ0v) is 16.4. The van der Waals surface area contributed by atoms with E-state index in [0.717, 1.165) is 35.4 Å². The van der Waals surface area contributed by atoms with Crippen molar-refractivity contribution in [1.29, 1.82) is 0 Å². The lowest BCUT2D eigenvalue weighted by atomic mass is 9.90. The summed E-state index contributed by atoms with van der Waals surface area (Å²) >= 11 is 0. The lowest BCUT2D eigenvalue weighted by Gasteiger charge is -2.27. The third kappa shape index (κ3) is 4.21. The summed E-state index contributed by atoms with van der Waals surface area (Å²) in [5.41, 5.74) is 11.3. The van der Waals surface area contributed by atoms with E-state index in [0.29, 0.717) is 23.9 Å². The number of benzene rings is 1. The number of hydrogen-bond acceptors (Lipinski definition) is 4. The van der Waals surface area contributed by atoms with Gasteiger partial charge in [-0.25, -0.2) is 9.38 Å². The van der Waals surface area contributed by atoms with Crippen LogP contribution in [0.3, 0.4) is 0 Å². The van der Waals surface area contributed by atoms with Crippen LogP contribution < -0.4 is 5.73 Å². The molecule has 0 fully saturated rings. The molecular weight excluding hydrogens is 327 g/mol. The van der Waals surface area contributed by atoms with Crippen LogP contribution in [-0.2, 0) is 12.8 Å². The first-order valence-corrected chi connectivity index (χ1v) is 8.98. The number of aliphatic imine (C=N–C) groups is 2. The lowest BCUT2D eigenvalue weighted by Crippen LogP contribution is -2.32. The molecule has 0 aliphatic carbocycles. The van der Waals surface area contributed by atoms with E-state index in [1.54, 1.807) is 6.20 Å². The Morgan fingerprint density at radius 3 is 2.69 bits per heavy atom. The van der Waals surface area contributed by atoms with Crippen molar-refractivity contribution < 1.29 is 4.39 Å². The third-order valence-corrected chi connectivity index (χ3v) is 4.71. The summed E-state index contributed by atoms with van der Waals surface area (Å²) in [6.07, 6.45) is 5.24. The van der Waals surface area contributed by atoms with Crippen LogP contribution in [0.25, 0.3) is 0 Å². The molecular formula is C21H29FN4. The maximum Gasteiger partial charge on any atom is 0.149 e. The average Bonchev–Trinajstić information content (AvgIpc) is 2.60. The highest BCUT2D eigenvalue weighted by Gasteiger charge is 2.19. The predicted octanol–water partition coefficient (Wildman–Crippen LogP) is 4.26. The molecule has 1 aliphatic rings. The topological polar surface area (TPSA) is 54.0 Å². The molecule has 0 saturated heterocycles. The Kier molecular flexibility index (Phi) is 6.35. The van der Waals surface area contributed by atoms with Crippen LogP contribution in [0.4, 0.5) is 4.39 Å². The molecule has 0 amide bonds. The van der Waals surface area contributed by atoms with E-state index in [4.69, 9.17) is 5.73 Å². The molecule has 1 heterocycles. The third-order valence-electron chi connectivity index (χ3n) is 4.71. The molecule has 0 aromatic heterocycles. The monoisotopic (exact) mass is 356 g/mol. The van der Waals surface area contributed by atoms with Crippen LogP contribution >= 0.6 is 0 Å². The molecule has 5 heteroatoms. The van der Waals surface area contributed by atoms with Gasteiger partial charge >= 0.3 is 0 Å². The summed E-state index contributed by atoms with van der Waals surface area (Å²) in [5.74, 6) is 0.812. The minimum Gasteiger partial charge on any atom is -0.382 e. The molecule has 0 saturated carbocycles. The van der Waals surface area contributed by atoms with Crippen molar-refractivity contribution in [1.82, 2.24) is 4.90 Å². The zero-order chi connectivity index (χ0) is 19.4. The summed E-state index contributed by atoms with van der Waals surface area (Å²) in [6.45, 7) is 14.2. The minimum absolute atomic E-state index is 0.0917. The first kappa shape index (κ1) is 19.9. The van der Waals surface area contributed by atoms with Gasteiger partial charge in [-0.05, 0) is 68.5 Å². The number of allylic oxidation sites excluding steroid dienone is 1. The Morgan fingerprint density at radius 1 is 1.38 bits per heavy atom. The molecule has 0 radical (unpaired) electrons. The number of hydrogen-bond donors (Lipinski definition) is 1. The maximum atomic E-state index is 14.4. The van der Waals surface area contributed by atoms with Gasteiger partial charge in [0, 0.05) is 18.9 Å². The molecule has 0 unspecified atom stereocenters. The van der Waals surface area contributed by atoms with Gasteiger partial charge in [-0.15, -0.1) is 0 Å². The zero-order valence-electron chi connectivity index (χ0n) is 16.4. The normalized spacial score (nSPS) is 16.1. The van der Waals surface area contributed by atoms with Gasteiger partial charge in [0.05, 0.1) is 5.70 Å². The van der Waals surface area contributed by atoms with E-state index in [1.807, 2.05) is 37.9 Å². The average molecular weight is 356 g/mol. The summed E-state index contributed by atoms with van der Waals surface area (Å²) < 4.78 is 14.4. The van der Waals surface area contributed by atoms with Gasteiger partial charge in [0.1, 0.15) is 17.3 Å². The van der Waals surface area contributed by atoms with Crippen LogP contribution in [0.15, 0.2) is 39.8 Å². The predicted molar refractivity (Wildman–Crippen MR) is 108 cm³/mol. The lowest BCUT2D eigenvalue weighted by molar-refractivity contribution is 0.475. The van der Waals surface area contributed by atoms with Crippen molar-refractivity contribution in [3.8, 4) is 0 Å². The van der Waals surface area contributed by atoms with E-state index in [2.05, 4.69) is 30.5 Å². The van der Waals surface area contributed by atoms with Gasteiger partial charge in [-0.3, -0.25) is 4.99 Å². The molecule has 0 spiro atoms. The van der Waals surface area contributed by atoms with Crippen LogP contribution in [-0.4, -0.2) is 24.0 Å². The number of amidine groups is 1. The van der Waals surface area contributed by atoms with Crippen LogP contribution in [0.1, 0.15) is 43.0 Å². The Morgan fingerprint density at radius 2 is 2.08 bits per heavy atom. The number of halogens is 1. The van der Waals surface area contributed by atoms with E-state index < -0.39 is 0 Å². The molecule has 2 N–H and O–H groups in total. The van der Waals surface area contributed by atoms with Crippen molar-refractivity contribution in [3.05, 3.63) is 57.9 Å².